The third-order valence-electron chi connectivity index (χ3n) is 2.57. The maximum absolute atomic E-state index is 11.6. The van der Waals surface area contributed by atoms with Crippen molar-refractivity contribution in [2.24, 2.45) is 0 Å². The van der Waals surface area contributed by atoms with Gasteiger partial charge in [0.2, 0.25) is 0 Å². The first-order valence-electron chi connectivity index (χ1n) is 5.29. The summed E-state index contributed by atoms with van der Waals surface area (Å²) >= 11 is 0. The third kappa shape index (κ3) is 2.76. The van der Waals surface area contributed by atoms with Gasteiger partial charge in [-0.25, -0.2) is 0 Å². The molecule has 2 rings (SSSR count). The molecule has 1 saturated heterocycles. The van der Waals surface area contributed by atoms with E-state index in [1.807, 2.05) is 6.07 Å². The fraction of sp³-hybridized carbons (Fsp3) is 0.455. The van der Waals surface area contributed by atoms with Gasteiger partial charge in [-0.05, 0) is 31.5 Å². The molecule has 1 aliphatic heterocycles. The predicted octanol–water partition coefficient (Wildman–Crippen LogP) is 0.563. The molecule has 0 unspecified atom stereocenters. The number of hydrogen-bond donors (Lipinski definition) is 2. The van der Waals surface area contributed by atoms with E-state index >= 15 is 0 Å². The van der Waals surface area contributed by atoms with Crippen LogP contribution in [0.5, 0.6) is 0 Å². The lowest BCUT2D eigenvalue weighted by Gasteiger charge is -2.10. The summed E-state index contributed by atoms with van der Waals surface area (Å²) in [6.45, 7) is 1.75. The van der Waals surface area contributed by atoms with Gasteiger partial charge in [0.15, 0.2) is 0 Å². The predicted molar refractivity (Wildman–Crippen MR) is 57.6 cm³/mol. The highest BCUT2D eigenvalue weighted by Gasteiger charge is 2.15. The SMILES string of the molecule is O=C(NC[C@@H]1CCCN1)c1ccccn1. The number of nitrogens with one attached hydrogen (secondary N) is 2. The molecule has 2 N–H and O–H groups in total. The molecule has 1 atom stereocenters. The van der Waals surface area contributed by atoms with Gasteiger partial charge in [-0.15, -0.1) is 0 Å². The highest BCUT2D eigenvalue weighted by molar-refractivity contribution is 5.92. The van der Waals surface area contributed by atoms with E-state index in [1.54, 1.807) is 18.3 Å². The number of amides is 1. The van der Waals surface area contributed by atoms with Crippen LogP contribution in [-0.2, 0) is 0 Å². The van der Waals surface area contributed by atoms with Crippen molar-refractivity contribution in [1.29, 1.82) is 0 Å². The lowest BCUT2D eigenvalue weighted by atomic mass is 10.2. The molecule has 2 heterocycles. The summed E-state index contributed by atoms with van der Waals surface area (Å²) in [4.78, 5) is 15.6. The average molecular weight is 205 g/mol. The zero-order valence-electron chi connectivity index (χ0n) is 8.57. The van der Waals surface area contributed by atoms with Crippen LogP contribution in [0.4, 0.5) is 0 Å². The largest absolute Gasteiger partial charge is 0.349 e. The van der Waals surface area contributed by atoms with Gasteiger partial charge in [0, 0.05) is 18.8 Å². The molecule has 0 spiro atoms. The minimum absolute atomic E-state index is 0.0932. The molecule has 1 amide bonds. The number of pyridine rings is 1. The molecular weight excluding hydrogens is 190 g/mol. The van der Waals surface area contributed by atoms with E-state index in [0.29, 0.717) is 18.3 Å². The molecule has 1 aromatic rings. The van der Waals surface area contributed by atoms with Crippen LogP contribution in [0.3, 0.4) is 0 Å². The Balaban J connectivity index is 1.82. The van der Waals surface area contributed by atoms with Crippen LogP contribution >= 0.6 is 0 Å². The van der Waals surface area contributed by atoms with E-state index < -0.39 is 0 Å². The second-order valence-electron chi connectivity index (χ2n) is 3.72. The first kappa shape index (κ1) is 10.1. The first-order valence-corrected chi connectivity index (χ1v) is 5.29. The zero-order valence-corrected chi connectivity index (χ0v) is 8.57. The van der Waals surface area contributed by atoms with Gasteiger partial charge in [-0.3, -0.25) is 9.78 Å². The van der Waals surface area contributed by atoms with Crippen LogP contribution in [0.15, 0.2) is 24.4 Å². The van der Waals surface area contributed by atoms with E-state index in [9.17, 15) is 4.79 Å². The Morgan fingerprint density at radius 2 is 2.53 bits per heavy atom. The van der Waals surface area contributed by atoms with Gasteiger partial charge in [-0.2, -0.15) is 0 Å². The van der Waals surface area contributed by atoms with E-state index in [1.165, 1.54) is 6.42 Å². The van der Waals surface area contributed by atoms with Gasteiger partial charge in [0.1, 0.15) is 5.69 Å². The van der Waals surface area contributed by atoms with E-state index in [4.69, 9.17) is 0 Å². The molecule has 15 heavy (non-hydrogen) atoms. The van der Waals surface area contributed by atoms with Crippen LogP contribution in [0.25, 0.3) is 0 Å². The van der Waals surface area contributed by atoms with Crippen molar-refractivity contribution in [3.63, 3.8) is 0 Å². The smallest absolute Gasteiger partial charge is 0.269 e. The summed E-state index contributed by atoms with van der Waals surface area (Å²) in [6, 6.07) is 5.76. The number of nitrogens with zero attached hydrogens (tertiary/aromatic N) is 1. The Bertz CT molecular complexity index is 320. The molecule has 1 fully saturated rings. The molecule has 0 saturated carbocycles. The Labute approximate surface area is 89.1 Å². The van der Waals surface area contributed by atoms with Crippen molar-refractivity contribution in [3.05, 3.63) is 30.1 Å². The summed E-state index contributed by atoms with van der Waals surface area (Å²) in [5.74, 6) is -0.0932. The lowest BCUT2D eigenvalue weighted by molar-refractivity contribution is 0.0945. The van der Waals surface area contributed by atoms with Crippen LogP contribution in [0, 0.1) is 0 Å². The van der Waals surface area contributed by atoms with Crippen LogP contribution in [0.2, 0.25) is 0 Å². The topological polar surface area (TPSA) is 54.0 Å². The van der Waals surface area contributed by atoms with Crippen molar-refractivity contribution in [1.82, 2.24) is 15.6 Å². The second-order valence-corrected chi connectivity index (χ2v) is 3.72. The molecule has 0 aromatic carbocycles. The molecule has 0 radical (unpaired) electrons. The van der Waals surface area contributed by atoms with Crippen LogP contribution < -0.4 is 10.6 Å². The number of hydrogen-bond acceptors (Lipinski definition) is 3. The van der Waals surface area contributed by atoms with E-state index in [-0.39, 0.29) is 5.91 Å². The zero-order chi connectivity index (χ0) is 10.5. The maximum atomic E-state index is 11.6. The van der Waals surface area contributed by atoms with Crippen molar-refractivity contribution in [2.45, 2.75) is 18.9 Å². The molecular formula is C11H15N3O. The fourth-order valence-electron chi connectivity index (χ4n) is 1.73. The number of aromatic nitrogens is 1. The summed E-state index contributed by atoms with van der Waals surface area (Å²) in [5.41, 5.74) is 0.482. The Kier molecular flexibility index (Phi) is 3.29. The summed E-state index contributed by atoms with van der Waals surface area (Å²) in [7, 11) is 0. The van der Waals surface area contributed by atoms with Gasteiger partial charge in [0.25, 0.3) is 5.91 Å². The molecule has 1 aromatic heterocycles. The number of carbonyl (C=O) groups excluding carboxylic acids is 1. The normalized spacial score (nSPS) is 20.1. The maximum Gasteiger partial charge on any atom is 0.269 e. The molecule has 1 aliphatic rings. The molecule has 4 heteroatoms. The number of rotatable bonds is 3. The van der Waals surface area contributed by atoms with E-state index in [2.05, 4.69) is 15.6 Å². The summed E-state index contributed by atoms with van der Waals surface area (Å²) in [6.07, 6.45) is 3.97. The standard InChI is InChI=1S/C11H15N3O/c15-11(10-5-1-2-6-13-10)14-8-9-4-3-7-12-9/h1-2,5-6,9,12H,3-4,7-8H2,(H,14,15)/t9-/m0/s1. The second kappa shape index (κ2) is 4.89. The quantitative estimate of drug-likeness (QED) is 0.758. The van der Waals surface area contributed by atoms with Gasteiger partial charge in [-0.1, -0.05) is 6.07 Å². The van der Waals surface area contributed by atoms with Crippen molar-refractivity contribution in [2.75, 3.05) is 13.1 Å². The molecule has 0 bridgehead atoms. The Morgan fingerprint density at radius 3 is 3.20 bits per heavy atom. The monoisotopic (exact) mass is 205 g/mol. The van der Waals surface area contributed by atoms with Gasteiger partial charge >= 0.3 is 0 Å². The summed E-state index contributed by atoms with van der Waals surface area (Å²) < 4.78 is 0. The minimum atomic E-state index is -0.0932. The van der Waals surface area contributed by atoms with Crippen LogP contribution in [-0.4, -0.2) is 30.0 Å². The first-order chi connectivity index (χ1) is 7.36. The minimum Gasteiger partial charge on any atom is -0.349 e. The molecule has 4 nitrogen and oxygen atoms in total. The van der Waals surface area contributed by atoms with Crippen molar-refractivity contribution in [3.8, 4) is 0 Å². The highest BCUT2D eigenvalue weighted by Crippen LogP contribution is 2.03. The lowest BCUT2D eigenvalue weighted by Crippen LogP contribution is -2.37. The van der Waals surface area contributed by atoms with Gasteiger partial charge in [0.05, 0.1) is 0 Å². The Hall–Kier alpha value is -1.42. The van der Waals surface area contributed by atoms with Crippen molar-refractivity contribution >= 4 is 5.91 Å². The fourth-order valence-corrected chi connectivity index (χ4v) is 1.73. The van der Waals surface area contributed by atoms with Crippen molar-refractivity contribution < 1.29 is 4.79 Å². The van der Waals surface area contributed by atoms with Gasteiger partial charge < -0.3 is 10.6 Å². The molecule has 80 valence electrons. The van der Waals surface area contributed by atoms with Crippen LogP contribution in [0.1, 0.15) is 23.3 Å². The third-order valence-corrected chi connectivity index (χ3v) is 2.57. The summed E-state index contributed by atoms with van der Waals surface area (Å²) in [5, 5.41) is 6.21. The van der Waals surface area contributed by atoms with E-state index in [0.717, 1.165) is 13.0 Å². The highest BCUT2D eigenvalue weighted by atomic mass is 16.1. The Morgan fingerprint density at radius 1 is 1.60 bits per heavy atom. The number of carbonyl (C=O) groups is 1. The molecule has 0 aliphatic carbocycles. The average Bonchev–Trinajstić information content (AvgIpc) is 2.80.